The molecule has 0 fully saturated rings. The van der Waals surface area contributed by atoms with Crippen molar-refractivity contribution in [2.45, 2.75) is 38.8 Å². The van der Waals surface area contributed by atoms with E-state index >= 15 is 0 Å². The number of nitrogens with one attached hydrogen (secondary N) is 1. The van der Waals surface area contributed by atoms with E-state index in [0.29, 0.717) is 31.6 Å². The van der Waals surface area contributed by atoms with E-state index in [2.05, 4.69) is 4.98 Å². The molecule has 3 rings (SSSR count). The Labute approximate surface area is 124 Å². The molecule has 0 aliphatic heterocycles. The van der Waals surface area contributed by atoms with Gasteiger partial charge in [0.25, 0.3) is 0 Å². The summed E-state index contributed by atoms with van der Waals surface area (Å²) in [7, 11) is 0. The van der Waals surface area contributed by atoms with Crippen LogP contribution in [0.5, 0.6) is 0 Å². The molecule has 0 bridgehead atoms. The van der Waals surface area contributed by atoms with Crippen LogP contribution < -0.4 is 0 Å². The molecule has 0 saturated heterocycles. The molecule has 4 heteroatoms. The lowest BCUT2D eigenvalue weighted by Crippen LogP contribution is -2.36. The second kappa shape index (κ2) is 5.51. The first-order valence-corrected chi connectivity index (χ1v) is 7.70. The van der Waals surface area contributed by atoms with Gasteiger partial charge in [0.15, 0.2) is 0 Å². The number of amides is 1. The monoisotopic (exact) mass is 288 g/mol. The largest absolute Gasteiger partial charge is 0.356 e. The molecule has 1 amide bonds. The lowest BCUT2D eigenvalue weighted by molar-refractivity contribution is -0.132. The average molecular weight is 288 g/mol. The fourth-order valence-electron chi connectivity index (χ4n) is 3.41. The molecular formula is C17H21FN2O. The zero-order valence-electron chi connectivity index (χ0n) is 12.5. The van der Waals surface area contributed by atoms with Gasteiger partial charge in [-0.2, -0.15) is 0 Å². The smallest absolute Gasteiger partial charge is 0.230 e. The van der Waals surface area contributed by atoms with Gasteiger partial charge in [0.05, 0.1) is 11.6 Å². The van der Waals surface area contributed by atoms with Crippen LogP contribution in [0, 0.1) is 0 Å². The fraction of sp³-hybridized carbons (Fsp3) is 0.471. The molecule has 2 unspecified atom stereocenters. The highest BCUT2D eigenvalue weighted by atomic mass is 19.1. The van der Waals surface area contributed by atoms with Crippen LogP contribution >= 0.6 is 0 Å². The number of carbonyl (C=O) groups excluding carboxylic acids is 1. The van der Waals surface area contributed by atoms with E-state index in [1.807, 2.05) is 43.0 Å². The number of benzene rings is 1. The Morgan fingerprint density at radius 2 is 2.00 bits per heavy atom. The molecule has 1 aliphatic rings. The predicted molar refractivity (Wildman–Crippen MR) is 82.1 cm³/mol. The summed E-state index contributed by atoms with van der Waals surface area (Å²) in [6, 6.07) is 7.79. The molecule has 0 spiro atoms. The van der Waals surface area contributed by atoms with E-state index in [-0.39, 0.29) is 11.8 Å². The van der Waals surface area contributed by atoms with Crippen LogP contribution in [0.3, 0.4) is 0 Å². The first-order valence-electron chi connectivity index (χ1n) is 7.70. The summed E-state index contributed by atoms with van der Waals surface area (Å²) in [6.45, 7) is 5.36. The van der Waals surface area contributed by atoms with E-state index in [1.165, 1.54) is 0 Å². The highest BCUT2D eigenvalue weighted by molar-refractivity contribution is 5.93. The van der Waals surface area contributed by atoms with Gasteiger partial charge in [-0.05, 0) is 38.3 Å². The van der Waals surface area contributed by atoms with Crippen molar-refractivity contribution in [3.05, 3.63) is 35.5 Å². The maximum atomic E-state index is 14.3. The van der Waals surface area contributed by atoms with Gasteiger partial charge >= 0.3 is 0 Å². The second-order valence-electron chi connectivity index (χ2n) is 5.61. The standard InChI is InChI=1S/C17H21FN2O/c1-3-20(4-2)17(21)12-9-10-13(18)16-15(12)11-7-5-6-8-14(11)19-16/h5-8,12-13,19H,3-4,9-10H2,1-2H3. The Bertz CT molecular complexity index is 660. The van der Waals surface area contributed by atoms with Crippen molar-refractivity contribution >= 4 is 16.8 Å². The summed E-state index contributed by atoms with van der Waals surface area (Å²) in [5, 5.41) is 0.986. The van der Waals surface area contributed by atoms with Crippen LogP contribution in [0.4, 0.5) is 4.39 Å². The molecule has 2 atom stereocenters. The van der Waals surface area contributed by atoms with Crippen molar-refractivity contribution in [2.24, 2.45) is 0 Å². The number of hydrogen-bond donors (Lipinski definition) is 1. The third kappa shape index (κ3) is 2.23. The number of fused-ring (bicyclic) bond motifs is 3. The Balaban J connectivity index is 2.11. The van der Waals surface area contributed by atoms with Gasteiger partial charge in [0, 0.05) is 24.0 Å². The number of hydrogen-bond acceptors (Lipinski definition) is 1. The molecule has 1 heterocycles. The van der Waals surface area contributed by atoms with Crippen LogP contribution in [0.1, 0.15) is 50.0 Å². The Hall–Kier alpha value is -1.84. The molecule has 3 nitrogen and oxygen atoms in total. The molecule has 21 heavy (non-hydrogen) atoms. The number of likely N-dealkylation sites (N-methyl/N-ethyl adjacent to an activating group) is 1. The van der Waals surface area contributed by atoms with Gasteiger partial charge in [0.2, 0.25) is 5.91 Å². The van der Waals surface area contributed by atoms with Crippen LogP contribution in [-0.4, -0.2) is 28.9 Å². The maximum absolute atomic E-state index is 14.3. The minimum absolute atomic E-state index is 0.123. The number of aromatic nitrogens is 1. The first kappa shape index (κ1) is 14.1. The molecule has 1 aromatic heterocycles. The number of H-pyrrole nitrogens is 1. The van der Waals surface area contributed by atoms with Crippen LogP contribution in [0.2, 0.25) is 0 Å². The number of para-hydroxylation sites is 1. The molecule has 0 radical (unpaired) electrons. The SMILES string of the molecule is CCN(CC)C(=O)C1CCC(F)c2[nH]c3ccccc3c21. The zero-order valence-corrected chi connectivity index (χ0v) is 12.5. The molecule has 0 saturated carbocycles. The topological polar surface area (TPSA) is 36.1 Å². The highest BCUT2D eigenvalue weighted by Gasteiger charge is 2.36. The van der Waals surface area contributed by atoms with Gasteiger partial charge in [-0.25, -0.2) is 4.39 Å². The average Bonchev–Trinajstić information content (AvgIpc) is 2.89. The summed E-state index contributed by atoms with van der Waals surface area (Å²) in [5.41, 5.74) is 2.40. The molecular weight excluding hydrogens is 267 g/mol. The number of nitrogens with zero attached hydrogens (tertiary/aromatic N) is 1. The highest BCUT2D eigenvalue weighted by Crippen LogP contribution is 2.43. The lowest BCUT2D eigenvalue weighted by Gasteiger charge is -2.29. The number of rotatable bonds is 3. The van der Waals surface area contributed by atoms with Crippen molar-refractivity contribution < 1.29 is 9.18 Å². The molecule has 1 aliphatic carbocycles. The first-order chi connectivity index (χ1) is 10.2. The summed E-state index contributed by atoms with van der Waals surface area (Å²) in [5.74, 6) is -0.0963. The molecule has 1 aromatic carbocycles. The van der Waals surface area contributed by atoms with Crippen molar-refractivity contribution in [1.29, 1.82) is 0 Å². The number of aromatic amines is 1. The van der Waals surface area contributed by atoms with E-state index in [1.54, 1.807) is 0 Å². The quantitative estimate of drug-likeness (QED) is 0.913. The van der Waals surface area contributed by atoms with Crippen LogP contribution in [-0.2, 0) is 4.79 Å². The van der Waals surface area contributed by atoms with Crippen molar-refractivity contribution in [3.63, 3.8) is 0 Å². The minimum atomic E-state index is -0.992. The van der Waals surface area contributed by atoms with Gasteiger partial charge < -0.3 is 9.88 Å². The molecule has 2 aromatic rings. The molecule has 1 N–H and O–H groups in total. The Morgan fingerprint density at radius 1 is 1.29 bits per heavy atom. The van der Waals surface area contributed by atoms with E-state index in [4.69, 9.17) is 0 Å². The number of alkyl halides is 1. The minimum Gasteiger partial charge on any atom is -0.356 e. The van der Waals surface area contributed by atoms with Gasteiger partial charge in [-0.15, -0.1) is 0 Å². The van der Waals surface area contributed by atoms with E-state index < -0.39 is 6.17 Å². The molecule has 112 valence electrons. The van der Waals surface area contributed by atoms with E-state index in [9.17, 15) is 9.18 Å². The summed E-state index contributed by atoms with van der Waals surface area (Å²) < 4.78 is 14.3. The van der Waals surface area contributed by atoms with Gasteiger partial charge in [-0.3, -0.25) is 4.79 Å². The fourth-order valence-corrected chi connectivity index (χ4v) is 3.41. The Morgan fingerprint density at radius 3 is 2.71 bits per heavy atom. The summed E-state index contributed by atoms with van der Waals surface area (Å²) in [4.78, 5) is 17.8. The van der Waals surface area contributed by atoms with Crippen molar-refractivity contribution in [3.8, 4) is 0 Å². The van der Waals surface area contributed by atoms with Crippen LogP contribution in [0.25, 0.3) is 10.9 Å². The third-order valence-corrected chi connectivity index (χ3v) is 4.52. The number of halogens is 1. The van der Waals surface area contributed by atoms with Crippen molar-refractivity contribution in [1.82, 2.24) is 9.88 Å². The van der Waals surface area contributed by atoms with Gasteiger partial charge in [-0.1, -0.05) is 18.2 Å². The van der Waals surface area contributed by atoms with Crippen LogP contribution in [0.15, 0.2) is 24.3 Å². The Kier molecular flexibility index (Phi) is 3.70. The zero-order chi connectivity index (χ0) is 15.0. The maximum Gasteiger partial charge on any atom is 0.230 e. The second-order valence-corrected chi connectivity index (χ2v) is 5.61. The van der Waals surface area contributed by atoms with E-state index in [0.717, 1.165) is 16.5 Å². The van der Waals surface area contributed by atoms with Crippen molar-refractivity contribution in [2.75, 3.05) is 13.1 Å². The summed E-state index contributed by atoms with van der Waals surface area (Å²) >= 11 is 0. The number of carbonyl (C=O) groups is 1. The normalized spacial score (nSPS) is 21.3. The van der Waals surface area contributed by atoms with Gasteiger partial charge in [0.1, 0.15) is 6.17 Å². The third-order valence-electron chi connectivity index (χ3n) is 4.52. The predicted octanol–water partition coefficient (Wildman–Crippen LogP) is 3.92. The summed E-state index contributed by atoms with van der Waals surface area (Å²) in [6.07, 6.45) is 0.0104. The lowest BCUT2D eigenvalue weighted by atomic mass is 9.83.